The highest BCUT2D eigenvalue weighted by atomic mass is 16.6. The van der Waals surface area contributed by atoms with Gasteiger partial charge in [0, 0.05) is 18.3 Å². The summed E-state index contributed by atoms with van der Waals surface area (Å²) in [5.41, 5.74) is 0.852. The van der Waals surface area contributed by atoms with Crippen molar-refractivity contribution < 1.29 is 4.92 Å². The van der Waals surface area contributed by atoms with Gasteiger partial charge in [0.2, 0.25) is 5.82 Å². The molecule has 1 aromatic rings. The van der Waals surface area contributed by atoms with Crippen LogP contribution in [0.15, 0.2) is 24.4 Å². The van der Waals surface area contributed by atoms with Crippen molar-refractivity contribution in [2.24, 2.45) is 0 Å². The fraction of sp³-hybridized carbons (Fsp3) is 0.417. The highest BCUT2D eigenvalue weighted by Crippen LogP contribution is 2.25. The summed E-state index contributed by atoms with van der Waals surface area (Å²) in [7, 11) is 0. The van der Waals surface area contributed by atoms with Crippen LogP contribution in [0, 0.1) is 17.0 Å². The Morgan fingerprint density at radius 1 is 1.53 bits per heavy atom. The van der Waals surface area contributed by atoms with Crippen LogP contribution >= 0.6 is 0 Å². The number of pyridine rings is 1. The Hall–Kier alpha value is -1.91. The molecule has 0 radical (unpaired) electrons. The van der Waals surface area contributed by atoms with Crippen molar-refractivity contribution in [3.05, 3.63) is 40.1 Å². The monoisotopic (exact) mass is 233 g/mol. The fourth-order valence-electron chi connectivity index (χ4n) is 1.92. The van der Waals surface area contributed by atoms with E-state index in [1.54, 1.807) is 19.2 Å². The lowest BCUT2D eigenvalue weighted by molar-refractivity contribution is -0.384. The zero-order valence-electron chi connectivity index (χ0n) is 9.72. The van der Waals surface area contributed by atoms with Crippen molar-refractivity contribution in [1.29, 1.82) is 0 Å². The van der Waals surface area contributed by atoms with E-state index in [9.17, 15) is 10.1 Å². The second-order valence-corrected chi connectivity index (χ2v) is 4.26. The van der Waals surface area contributed by atoms with Gasteiger partial charge in [-0.3, -0.25) is 10.1 Å². The van der Waals surface area contributed by atoms with Gasteiger partial charge in [-0.1, -0.05) is 12.2 Å². The smallest absolute Gasteiger partial charge is 0.311 e. The number of aryl methyl sites for hydroxylation is 1. The third kappa shape index (κ3) is 2.81. The Bertz CT molecular complexity index is 457. The molecule has 5 heteroatoms. The molecule has 1 N–H and O–H groups in total. The molecule has 1 aromatic heterocycles. The molecule has 1 heterocycles. The van der Waals surface area contributed by atoms with Crippen LogP contribution in [0.3, 0.4) is 0 Å². The van der Waals surface area contributed by atoms with Crippen LogP contribution in [0.25, 0.3) is 0 Å². The molecule has 0 aliphatic heterocycles. The number of nitrogens with one attached hydrogen (secondary N) is 1. The first kappa shape index (κ1) is 11.6. The van der Waals surface area contributed by atoms with Crippen LogP contribution < -0.4 is 5.32 Å². The average Bonchev–Trinajstić information content (AvgIpc) is 2.32. The van der Waals surface area contributed by atoms with Gasteiger partial charge < -0.3 is 5.32 Å². The van der Waals surface area contributed by atoms with Crippen LogP contribution in [0.2, 0.25) is 0 Å². The fourth-order valence-corrected chi connectivity index (χ4v) is 1.92. The molecule has 1 aliphatic rings. The molecule has 0 amide bonds. The highest BCUT2D eigenvalue weighted by Gasteiger charge is 2.18. The van der Waals surface area contributed by atoms with E-state index in [2.05, 4.69) is 22.5 Å². The Balaban J connectivity index is 2.19. The molecule has 0 spiro atoms. The number of nitrogens with zero attached hydrogens (tertiary/aromatic N) is 2. The van der Waals surface area contributed by atoms with Crippen LogP contribution in [0.5, 0.6) is 0 Å². The number of hydrogen-bond donors (Lipinski definition) is 1. The quantitative estimate of drug-likeness (QED) is 0.495. The number of aromatic nitrogens is 1. The van der Waals surface area contributed by atoms with Gasteiger partial charge in [0.15, 0.2) is 0 Å². The minimum absolute atomic E-state index is 0.0551. The van der Waals surface area contributed by atoms with Crippen molar-refractivity contribution in [2.45, 2.75) is 32.2 Å². The van der Waals surface area contributed by atoms with Crippen LogP contribution in [0.4, 0.5) is 11.5 Å². The van der Waals surface area contributed by atoms with Gasteiger partial charge in [-0.15, -0.1) is 0 Å². The molecule has 0 saturated heterocycles. The summed E-state index contributed by atoms with van der Waals surface area (Å²) in [6.45, 7) is 1.80. The van der Waals surface area contributed by atoms with E-state index in [0.717, 1.165) is 24.8 Å². The van der Waals surface area contributed by atoms with E-state index in [0.29, 0.717) is 5.82 Å². The highest BCUT2D eigenvalue weighted by molar-refractivity contribution is 5.57. The zero-order valence-corrected chi connectivity index (χ0v) is 9.72. The van der Waals surface area contributed by atoms with E-state index in [-0.39, 0.29) is 16.7 Å². The molecule has 0 saturated carbocycles. The SMILES string of the molecule is Cc1cnc(NC2CC=CCC2)c([N+](=O)[O-])c1. The van der Waals surface area contributed by atoms with Gasteiger partial charge >= 0.3 is 5.69 Å². The summed E-state index contributed by atoms with van der Waals surface area (Å²) in [4.78, 5) is 14.7. The van der Waals surface area contributed by atoms with Gasteiger partial charge in [0.1, 0.15) is 0 Å². The minimum atomic E-state index is -0.388. The number of anilines is 1. The first-order valence-corrected chi connectivity index (χ1v) is 5.69. The summed E-state index contributed by atoms with van der Waals surface area (Å²) in [5.74, 6) is 0.376. The van der Waals surface area contributed by atoms with Crippen molar-refractivity contribution in [3.63, 3.8) is 0 Å². The van der Waals surface area contributed by atoms with Gasteiger partial charge in [-0.05, 0) is 31.7 Å². The zero-order chi connectivity index (χ0) is 12.3. The largest absolute Gasteiger partial charge is 0.361 e. The molecule has 0 bridgehead atoms. The van der Waals surface area contributed by atoms with E-state index in [1.165, 1.54) is 0 Å². The molecule has 1 aliphatic carbocycles. The van der Waals surface area contributed by atoms with E-state index >= 15 is 0 Å². The predicted molar refractivity (Wildman–Crippen MR) is 66.0 cm³/mol. The van der Waals surface area contributed by atoms with Gasteiger partial charge in [-0.25, -0.2) is 4.98 Å². The topological polar surface area (TPSA) is 68.1 Å². The third-order valence-corrected chi connectivity index (χ3v) is 2.81. The number of allylic oxidation sites excluding steroid dienone is 1. The maximum atomic E-state index is 10.9. The number of hydrogen-bond acceptors (Lipinski definition) is 4. The number of nitro groups is 1. The molecular formula is C12H15N3O2. The minimum Gasteiger partial charge on any atom is -0.361 e. The van der Waals surface area contributed by atoms with Crippen LogP contribution in [-0.4, -0.2) is 15.9 Å². The molecule has 0 fully saturated rings. The molecule has 1 unspecified atom stereocenters. The van der Waals surface area contributed by atoms with E-state index in [1.807, 2.05) is 0 Å². The van der Waals surface area contributed by atoms with Crippen molar-refractivity contribution >= 4 is 11.5 Å². The maximum absolute atomic E-state index is 10.9. The molecule has 17 heavy (non-hydrogen) atoms. The van der Waals surface area contributed by atoms with Crippen molar-refractivity contribution in [3.8, 4) is 0 Å². The first-order chi connectivity index (χ1) is 8.16. The summed E-state index contributed by atoms with van der Waals surface area (Å²) < 4.78 is 0. The summed E-state index contributed by atoms with van der Waals surface area (Å²) >= 11 is 0. The molecule has 2 rings (SSSR count). The summed E-state index contributed by atoms with van der Waals surface area (Å²) in [6, 6.07) is 1.79. The Morgan fingerprint density at radius 2 is 2.35 bits per heavy atom. The van der Waals surface area contributed by atoms with E-state index in [4.69, 9.17) is 0 Å². The lowest BCUT2D eigenvalue weighted by Crippen LogP contribution is -2.21. The standard InChI is InChI=1S/C12H15N3O2/c1-9-7-11(15(16)17)12(13-8-9)14-10-5-3-2-4-6-10/h2-3,7-8,10H,4-6H2,1H3,(H,13,14). The molecular weight excluding hydrogens is 218 g/mol. The van der Waals surface area contributed by atoms with Gasteiger partial charge in [-0.2, -0.15) is 0 Å². The molecule has 0 aromatic carbocycles. The summed E-state index contributed by atoms with van der Waals surface area (Å²) in [6.07, 6.45) is 8.78. The van der Waals surface area contributed by atoms with Gasteiger partial charge in [0.25, 0.3) is 0 Å². The van der Waals surface area contributed by atoms with Crippen molar-refractivity contribution in [1.82, 2.24) is 4.98 Å². The van der Waals surface area contributed by atoms with Crippen LogP contribution in [-0.2, 0) is 0 Å². The maximum Gasteiger partial charge on any atom is 0.311 e. The van der Waals surface area contributed by atoms with Gasteiger partial charge in [0.05, 0.1) is 4.92 Å². The third-order valence-electron chi connectivity index (χ3n) is 2.81. The summed E-state index contributed by atoms with van der Waals surface area (Å²) in [5, 5.41) is 14.1. The second-order valence-electron chi connectivity index (χ2n) is 4.26. The number of rotatable bonds is 3. The van der Waals surface area contributed by atoms with E-state index < -0.39 is 0 Å². The second kappa shape index (κ2) is 4.95. The van der Waals surface area contributed by atoms with Crippen LogP contribution in [0.1, 0.15) is 24.8 Å². The van der Waals surface area contributed by atoms with Crippen molar-refractivity contribution in [2.75, 3.05) is 5.32 Å². The lowest BCUT2D eigenvalue weighted by Gasteiger charge is -2.19. The normalized spacial score (nSPS) is 19.0. The first-order valence-electron chi connectivity index (χ1n) is 5.69. The average molecular weight is 233 g/mol. The molecule has 1 atom stereocenters. The Kier molecular flexibility index (Phi) is 3.37. The Labute approximate surface area is 99.7 Å². The Morgan fingerprint density at radius 3 is 3.00 bits per heavy atom. The lowest BCUT2D eigenvalue weighted by atomic mass is 10.0. The molecule has 5 nitrogen and oxygen atoms in total. The molecule has 90 valence electrons. The predicted octanol–water partition coefficient (Wildman–Crippen LogP) is 2.82.